The molecule has 2 saturated carbocycles. The number of hydrazine groups is 1. The largest absolute Gasteiger partial charge is 0.379 e. The number of ether oxygens (including phenoxy) is 2. The maximum Gasteiger partial charge on any atom is 0.0662 e. The molecule has 3 fully saturated rings. The smallest absolute Gasteiger partial charge is 0.0662 e. The lowest BCUT2D eigenvalue weighted by Gasteiger charge is -2.55. The third-order valence-corrected chi connectivity index (χ3v) is 5.04. The summed E-state index contributed by atoms with van der Waals surface area (Å²) in [5.41, 5.74) is 4.19. The molecule has 1 saturated heterocycles. The third-order valence-electron chi connectivity index (χ3n) is 5.04. The van der Waals surface area contributed by atoms with Gasteiger partial charge in [0.05, 0.1) is 19.3 Å². The van der Waals surface area contributed by atoms with E-state index in [1.54, 1.807) is 0 Å². The molecule has 2 atom stereocenters. The van der Waals surface area contributed by atoms with Crippen molar-refractivity contribution in [3.05, 3.63) is 0 Å². The number of nitrogens with one attached hydrogen (secondary N) is 1. The molecule has 1 spiro atoms. The van der Waals surface area contributed by atoms with Crippen molar-refractivity contribution in [1.82, 2.24) is 10.4 Å². The van der Waals surface area contributed by atoms with Crippen molar-refractivity contribution >= 4 is 0 Å². The number of nitrogens with zero attached hydrogens (tertiary/aromatic N) is 1. The molecule has 0 bridgehead atoms. The van der Waals surface area contributed by atoms with Gasteiger partial charge in [0.15, 0.2) is 0 Å². The average Bonchev–Trinajstić information content (AvgIpc) is 2.91. The Kier molecular flexibility index (Phi) is 3.89. The maximum absolute atomic E-state index is 5.95. The van der Waals surface area contributed by atoms with Crippen LogP contribution in [0, 0.1) is 5.41 Å². The Hall–Kier alpha value is -0.160. The molecule has 104 valence electrons. The molecule has 18 heavy (non-hydrogen) atoms. The summed E-state index contributed by atoms with van der Waals surface area (Å²) in [5.74, 6) is 0. The topological polar surface area (TPSA) is 33.7 Å². The number of hydrogen-bond acceptors (Lipinski definition) is 4. The molecule has 0 radical (unpaired) electrons. The third kappa shape index (κ3) is 2.20. The van der Waals surface area contributed by atoms with Crippen LogP contribution in [0.4, 0.5) is 0 Å². The first-order valence-electron chi connectivity index (χ1n) is 7.55. The Labute approximate surface area is 110 Å². The van der Waals surface area contributed by atoms with Gasteiger partial charge in [-0.05, 0) is 26.2 Å². The second kappa shape index (κ2) is 5.45. The van der Waals surface area contributed by atoms with Gasteiger partial charge in [-0.2, -0.15) is 0 Å². The van der Waals surface area contributed by atoms with E-state index in [1.165, 1.54) is 32.1 Å². The quantitative estimate of drug-likeness (QED) is 0.825. The molecule has 2 aliphatic carbocycles. The van der Waals surface area contributed by atoms with Gasteiger partial charge in [0.2, 0.25) is 0 Å². The van der Waals surface area contributed by atoms with Crippen LogP contribution in [0.5, 0.6) is 0 Å². The molecule has 0 amide bonds. The van der Waals surface area contributed by atoms with E-state index in [0.29, 0.717) is 17.6 Å². The highest BCUT2D eigenvalue weighted by molar-refractivity contribution is 5.09. The lowest BCUT2D eigenvalue weighted by Crippen LogP contribution is -2.66. The van der Waals surface area contributed by atoms with Crippen LogP contribution in [-0.4, -0.2) is 50.1 Å². The molecule has 0 aromatic carbocycles. The van der Waals surface area contributed by atoms with Gasteiger partial charge < -0.3 is 9.47 Å². The van der Waals surface area contributed by atoms with Crippen LogP contribution in [0.3, 0.4) is 0 Å². The van der Waals surface area contributed by atoms with E-state index in [-0.39, 0.29) is 0 Å². The normalized spacial score (nSPS) is 35.8. The van der Waals surface area contributed by atoms with E-state index in [0.717, 1.165) is 32.9 Å². The average molecular weight is 254 g/mol. The number of hydrogen-bond donors (Lipinski definition) is 1. The minimum absolute atomic E-state index is 0.439. The molecular weight excluding hydrogens is 228 g/mol. The molecule has 2 unspecified atom stereocenters. The Morgan fingerprint density at radius 2 is 2.00 bits per heavy atom. The van der Waals surface area contributed by atoms with Crippen LogP contribution in [-0.2, 0) is 9.47 Å². The molecule has 4 nitrogen and oxygen atoms in total. The van der Waals surface area contributed by atoms with Crippen LogP contribution < -0.4 is 5.43 Å². The van der Waals surface area contributed by atoms with Crippen LogP contribution in [0.25, 0.3) is 0 Å². The van der Waals surface area contributed by atoms with E-state index in [9.17, 15) is 0 Å². The summed E-state index contributed by atoms with van der Waals surface area (Å²) >= 11 is 0. The van der Waals surface area contributed by atoms with Gasteiger partial charge in [-0.3, -0.25) is 5.43 Å². The van der Waals surface area contributed by atoms with Gasteiger partial charge >= 0.3 is 0 Å². The fourth-order valence-corrected chi connectivity index (χ4v) is 3.98. The predicted molar refractivity (Wildman–Crippen MR) is 70.2 cm³/mol. The molecule has 4 heteroatoms. The van der Waals surface area contributed by atoms with E-state index < -0.39 is 0 Å². The van der Waals surface area contributed by atoms with Crippen LogP contribution >= 0.6 is 0 Å². The van der Waals surface area contributed by atoms with E-state index in [2.05, 4.69) is 17.4 Å². The van der Waals surface area contributed by atoms with Crippen molar-refractivity contribution in [3.8, 4) is 0 Å². The number of rotatable bonds is 4. The zero-order chi connectivity index (χ0) is 12.4. The van der Waals surface area contributed by atoms with Gasteiger partial charge in [0.25, 0.3) is 0 Å². The fourth-order valence-electron chi connectivity index (χ4n) is 3.98. The van der Waals surface area contributed by atoms with Crippen LogP contribution in [0.2, 0.25) is 0 Å². The molecule has 1 N–H and O–H groups in total. The molecule has 3 aliphatic rings. The Bertz CT molecular complexity index is 273. The van der Waals surface area contributed by atoms with Gasteiger partial charge in [-0.25, -0.2) is 5.01 Å². The van der Waals surface area contributed by atoms with Gasteiger partial charge in [0.1, 0.15) is 0 Å². The van der Waals surface area contributed by atoms with E-state index >= 15 is 0 Å². The lowest BCUT2D eigenvalue weighted by atomic mass is 9.61. The summed E-state index contributed by atoms with van der Waals surface area (Å²) < 4.78 is 11.4. The molecule has 0 aromatic heterocycles. The predicted octanol–water partition coefficient (Wildman–Crippen LogP) is 1.56. The summed E-state index contributed by atoms with van der Waals surface area (Å²) in [6.45, 7) is 6.74. The molecule has 1 heterocycles. The highest BCUT2D eigenvalue weighted by Gasteiger charge is 2.56. The Morgan fingerprint density at radius 3 is 2.67 bits per heavy atom. The summed E-state index contributed by atoms with van der Waals surface area (Å²) in [5, 5.41) is 2.36. The van der Waals surface area contributed by atoms with E-state index in [4.69, 9.17) is 9.47 Å². The first-order chi connectivity index (χ1) is 8.85. The molecule has 3 rings (SSSR count). The number of morpholine rings is 1. The molecular formula is C14H26N2O2. The summed E-state index contributed by atoms with van der Waals surface area (Å²) in [6.07, 6.45) is 7.14. The monoisotopic (exact) mass is 254 g/mol. The summed E-state index contributed by atoms with van der Waals surface area (Å²) in [7, 11) is 0. The van der Waals surface area contributed by atoms with Crippen molar-refractivity contribution in [3.63, 3.8) is 0 Å². The first kappa shape index (κ1) is 12.9. The highest BCUT2D eigenvalue weighted by Crippen LogP contribution is 2.54. The van der Waals surface area contributed by atoms with Crippen molar-refractivity contribution < 1.29 is 9.47 Å². The molecule has 0 aromatic rings. The maximum atomic E-state index is 5.95. The fraction of sp³-hybridized carbons (Fsp3) is 1.00. The van der Waals surface area contributed by atoms with Crippen molar-refractivity contribution in [2.45, 2.75) is 51.2 Å². The second-order valence-corrected chi connectivity index (χ2v) is 5.90. The second-order valence-electron chi connectivity index (χ2n) is 5.90. The molecule has 1 aliphatic heterocycles. The highest BCUT2D eigenvalue weighted by atomic mass is 16.5. The van der Waals surface area contributed by atoms with Crippen molar-refractivity contribution in [2.75, 3.05) is 32.9 Å². The first-order valence-corrected chi connectivity index (χ1v) is 7.55. The SMILES string of the molecule is CCOC1CC(NN2CCOCC2)C12CCCC2. The minimum atomic E-state index is 0.439. The van der Waals surface area contributed by atoms with Crippen LogP contribution in [0.15, 0.2) is 0 Å². The Balaban J connectivity index is 1.59. The van der Waals surface area contributed by atoms with E-state index in [1.807, 2.05) is 0 Å². The standard InChI is InChI=1S/C14H26N2O2/c1-2-18-13-11-12(14(13)5-3-4-6-14)15-16-7-9-17-10-8-16/h12-13,15H,2-11H2,1H3. The minimum Gasteiger partial charge on any atom is -0.379 e. The van der Waals surface area contributed by atoms with Gasteiger partial charge in [-0.1, -0.05) is 12.8 Å². The summed E-state index contributed by atoms with van der Waals surface area (Å²) in [4.78, 5) is 0. The summed E-state index contributed by atoms with van der Waals surface area (Å²) in [6, 6.07) is 0.634. The zero-order valence-electron chi connectivity index (χ0n) is 11.5. The Morgan fingerprint density at radius 1 is 1.28 bits per heavy atom. The van der Waals surface area contributed by atoms with Gasteiger partial charge in [0, 0.05) is 31.2 Å². The zero-order valence-corrected chi connectivity index (χ0v) is 11.5. The lowest BCUT2D eigenvalue weighted by molar-refractivity contribution is -0.151. The van der Waals surface area contributed by atoms with Gasteiger partial charge in [-0.15, -0.1) is 0 Å². The van der Waals surface area contributed by atoms with Crippen LogP contribution in [0.1, 0.15) is 39.0 Å². The van der Waals surface area contributed by atoms with Crippen molar-refractivity contribution in [2.24, 2.45) is 5.41 Å². The van der Waals surface area contributed by atoms with Crippen molar-refractivity contribution in [1.29, 1.82) is 0 Å².